The third kappa shape index (κ3) is 2.58. The Labute approximate surface area is 95.0 Å². The van der Waals surface area contributed by atoms with Gasteiger partial charge in [0.25, 0.3) is 0 Å². The van der Waals surface area contributed by atoms with Crippen LogP contribution in [0.2, 0.25) is 0 Å². The Kier molecular flexibility index (Phi) is 3.65. The molecule has 0 bridgehead atoms. The number of anilines is 1. The number of nitrogens with one attached hydrogen (secondary N) is 2. The van der Waals surface area contributed by atoms with Crippen molar-refractivity contribution in [2.45, 2.75) is 26.3 Å². The van der Waals surface area contributed by atoms with Gasteiger partial charge in [-0.1, -0.05) is 12.1 Å². The summed E-state index contributed by atoms with van der Waals surface area (Å²) in [4.78, 5) is 11.8. The second kappa shape index (κ2) is 4.61. The van der Waals surface area contributed by atoms with E-state index in [4.69, 9.17) is 0 Å². The zero-order valence-electron chi connectivity index (χ0n) is 10.0. The van der Waals surface area contributed by atoms with Crippen molar-refractivity contribution in [3.8, 4) is 0 Å². The van der Waals surface area contributed by atoms with E-state index in [1.165, 1.54) is 6.07 Å². The molecule has 1 rings (SSSR count). The molecule has 0 unspecified atom stereocenters. The highest BCUT2D eigenvalue weighted by Crippen LogP contribution is 2.19. The number of hydrogen-bond donors (Lipinski definition) is 2. The van der Waals surface area contributed by atoms with E-state index in [9.17, 15) is 9.18 Å². The number of halogens is 1. The third-order valence-corrected chi connectivity index (χ3v) is 2.65. The molecule has 0 aliphatic carbocycles. The first-order valence-electron chi connectivity index (χ1n) is 5.14. The lowest BCUT2D eigenvalue weighted by atomic mass is 10.0. The van der Waals surface area contributed by atoms with Crippen LogP contribution in [0.25, 0.3) is 0 Å². The number of carbonyl (C=O) groups is 1. The van der Waals surface area contributed by atoms with E-state index in [1.807, 2.05) is 0 Å². The summed E-state index contributed by atoms with van der Waals surface area (Å²) in [6, 6.07) is 4.70. The molecule has 0 aliphatic heterocycles. The maximum absolute atomic E-state index is 13.5. The standard InChI is InChI=1S/C12H17FN2O/c1-8-6-5-7-9(13)10(8)15-11(16)12(2,3)14-4/h5-7,14H,1-4H3,(H,15,16). The Bertz CT molecular complexity index is 382. The average Bonchev–Trinajstić information content (AvgIpc) is 2.23. The number of likely N-dealkylation sites (N-methyl/N-ethyl adjacent to an activating group) is 1. The van der Waals surface area contributed by atoms with E-state index in [-0.39, 0.29) is 11.6 Å². The van der Waals surface area contributed by atoms with Gasteiger partial charge < -0.3 is 10.6 Å². The molecule has 0 atom stereocenters. The molecule has 0 aromatic heterocycles. The number of hydrogen-bond acceptors (Lipinski definition) is 2. The molecule has 2 N–H and O–H groups in total. The zero-order chi connectivity index (χ0) is 12.3. The molecule has 3 nitrogen and oxygen atoms in total. The number of rotatable bonds is 3. The predicted octanol–water partition coefficient (Wildman–Crippen LogP) is 2.07. The third-order valence-electron chi connectivity index (χ3n) is 2.65. The van der Waals surface area contributed by atoms with Crippen LogP contribution in [0.1, 0.15) is 19.4 Å². The van der Waals surface area contributed by atoms with Crippen LogP contribution in [0.5, 0.6) is 0 Å². The molecule has 1 aromatic rings. The normalized spacial score (nSPS) is 11.3. The maximum atomic E-state index is 13.5. The SMILES string of the molecule is CNC(C)(C)C(=O)Nc1c(C)cccc1F. The van der Waals surface area contributed by atoms with Gasteiger partial charge in [-0.3, -0.25) is 4.79 Å². The fourth-order valence-electron chi connectivity index (χ4n) is 1.17. The molecule has 1 amide bonds. The zero-order valence-corrected chi connectivity index (χ0v) is 10.0. The van der Waals surface area contributed by atoms with Crippen LogP contribution in [-0.2, 0) is 4.79 Å². The molecular weight excluding hydrogens is 207 g/mol. The van der Waals surface area contributed by atoms with Gasteiger partial charge in [0.2, 0.25) is 5.91 Å². The van der Waals surface area contributed by atoms with E-state index in [0.717, 1.165) is 0 Å². The molecule has 0 heterocycles. The number of benzene rings is 1. The second-order valence-corrected chi connectivity index (χ2v) is 4.26. The van der Waals surface area contributed by atoms with E-state index in [2.05, 4.69) is 10.6 Å². The van der Waals surface area contributed by atoms with Crippen molar-refractivity contribution in [2.24, 2.45) is 0 Å². The van der Waals surface area contributed by atoms with Gasteiger partial charge in [0, 0.05) is 0 Å². The Hall–Kier alpha value is -1.42. The van der Waals surface area contributed by atoms with Gasteiger partial charge in [-0.15, -0.1) is 0 Å². The van der Waals surface area contributed by atoms with E-state index >= 15 is 0 Å². The van der Waals surface area contributed by atoms with Gasteiger partial charge in [0.1, 0.15) is 5.82 Å². The summed E-state index contributed by atoms with van der Waals surface area (Å²) in [7, 11) is 1.69. The fraction of sp³-hybridized carbons (Fsp3) is 0.417. The highest BCUT2D eigenvalue weighted by molar-refractivity contribution is 5.98. The summed E-state index contributed by atoms with van der Waals surface area (Å²) in [6.07, 6.45) is 0. The minimum Gasteiger partial charge on any atom is -0.322 e. The minimum absolute atomic E-state index is 0.246. The number of para-hydroxylation sites is 1. The Morgan fingerprint density at radius 2 is 2.00 bits per heavy atom. The molecule has 0 aliphatic rings. The second-order valence-electron chi connectivity index (χ2n) is 4.26. The molecular formula is C12H17FN2O. The van der Waals surface area contributed by atoms with E-state index in [0.29, 0.717) is 5.56 Å². The molecule has 4 heteroatoms. The average molecular weight is 224 g/mol. The first-order valence-corrected chi connectivity index (χ1v) is 5.14. The topological polar surface area (TPSA) is 41.1 Å². The monoisotopic (exact) mass is 224 g/mol. The Morgan fingerprint density at radius 3 is 2.50 bits per heavy atom. The van der Waals surface area contributed by atoms with Crippen molar-refractivity contribution in [3.63, 3.8) is 0 Å². The first-order chi connectivity index (χ1) is 7.38. The van der Waals surface area contributed by atoms with Crippen LogP contribution in [0.3, 0.4) is 0 Å². The lowest BCUT2D eigenvalue weighted by Gasteiger charge is -2.23. The van der Waals surface area contributed by atoms with Crippen LogP contribution < -0.4 is 10.6 Å². The molecule has 88 valence electrons. The van der Waals surface area contributed by atoms with E-state index < -0.39 is 11.4 Å². The lowest BCUT2D eigenvalue weighted by Crippen LogP contribution is -2.48. The number of aryl methyl sites for hydroxylation is 1. The van der Waals surface area contributed by atoms with Gasteiger partial charge in [0.05, 0.1) is 11.2 Å². The molecule has 16 heavy (non-hydrogen) atoms. The van der Waals surface area contributed by atoms with Crippen LogP contribution in [-0.4, -0.2) is 18.5 Å². The number of amides is 1. The van der Waals surface area contributed by atoms with Gasteiger partial charge in [-0.25, -0.2) is 4.39 Å². The molecule has 0 spiro atoms. The van der Waals surface area contributed by atoms with Crippen LogP contribution in [0.15, 0.2) is 18.2 Å². The molecule has 0 fully saturated rings. The smallest absolute Gasteiger partial charge is 0.244 e. The summed E-state index contributed by atoms with van der Waals surface area (Å²) in [6.45, 7) is 5.22. The summed E-state index contributed by atoms with van der Waals surface area (Å²) in [5.41, 5.74) is 0.227. The lowest BCUT2D eigenvalue weighted by molar-refractivity contribution is -0.121. The van der Waals surface area contributed by atoms with Crippen LogP contribution in [0.4, 0.5) is 10.1 Å². The van der Waals surface area contributed by atoms with Crippen molar-refractivity contribution in [1.82, 2.24) is 5.32 Å². The summed E-state index contributed by atoms with van der Waals surface area (Å²) in [5, 5.41) is 5.46. The van der Waals surface area contributed by atoms with Crippen molar-refractivity contribution >= 4 is 11.6 Å². The van der Waals surface area contributed by atoms with Crippen molar-refractivity contribution in [1.29, 1.82) is 0 Å². The van der Waals surface area contributed by atoms with Crippen LogP contribution >= 0.6 is 0 Å². The minimum atomic E-state index is -0.727. The first kappa shape index (κ1) is 12.6. The predicted molar refractivity (Wildman–Crippen MR) is 62.9 cm³/mol. The van der Waals surface area contributed by atoms with Crippen molar-refractivity contribution in [2.75, 3.05) is 12.4 Å². The summed E-state index contributed by atoms with van der Waals surface area (Å²) in [5.74, 6) is -0.677. The Balaban J connectivity index is 2.94. The molecule has 0 saturated heterocycles. The highest BCUT2D eigenvalue weighted by atomic mass is 19.1. The molecule has 0 radical (unpaired) electrons. The Morgan fingerprint density at radius 1 is 1.38 bits per heavy atom. The van der Waals surface area contributed by atoms with Crippen molar-refractivity contribution in [3.05, 3.63) is 29.6 Å². The number of carbonyl (C=O) groups excluding carboxylic acids is 1. The quantitative estimate of drug-likeness (QED) is 0.825. The van der Waals surface area contributed by atoms with Crippen LogP contribution in [0, 0.1) is 12.7 Å². The maximum Gasteiger partial charge on any atom is 0.244 e. The van der Waals surface area contributed by atoms with Gasteiger partial charge in [-0.05, 0) is 39.4 Å². The van der Waals surface area contributed by atoms with Gasteiger partial charge >= 0.3 is 0 Å². The largest absolute Gasteiger partial charge is 0.322 e. The molecule has 1 aromatic carbocycles. The highest BCUT2D eigenvalue weighted by Gasteiger charge is 2.26. The van der Waals surface area contributed by atoms with Crippen molar-refractivity contribution < 1.29 is 9.18 Å². The van der Waals surface area contributed by atoms with Gasteiger partial charge in [0.15, 0.2) is 0 Å². The summed E-state index contributed by atoms with van der Waals surface area (Å²) >= 11 is 0. The summed E-state index contributed by atoms with van der Waals surface area (Å²) < 4.78 is 13.5. The fourth-order valence-corrected chi connectivity index (χ4v) is 1.17. The van der Waals surface area contributed by atoms with E-state index in [1.54, 1.807) is 40.0 Å². The molecule has 0 saturated carbocycles. The van der Waals surface area contributed by atoms with Gasteiger partial charge in [-0.2, -0.15) is 0 Å².